The van der Waals surface area contributed by atoms with Crippen LogP contribution in [0.2, 0.25) is 0 Å². The number of nitrogens with zero attached hydrogens (tertiary/aromatic N) is 6. The first kappa shape index (κ1) is 21.8. The van der Waals surface area contributed by atoms with Gasteiger partial charge < -0.3 is 25.4 Å². The lowest BCUT2D eigenvalue weighted by Crippen LogP contribution is -2.50. The summed E-state index contributed by atoms with van der Waals surface area (Å²) in [6, 6.07) is 5.78. The Balaban J connectivity index is 1.41. The van der Waals surface area contributed by atoms with E-state index in [2.05, 4.69) is 31.7 Å². The van der Waals surface area contributed by atoms with Crippen LogP contribution in [0.4, 0.5) is 11.5 Å². The minimum absolute atomic E-state index is 0.222. The van der Waals surface area contributed by atoms with Crippen LogP contribution in [0.3, 0.4) is 0 Å². The predicted octanol–water partition coefficient (Wildman–Crippen LogP) is 1.56. The molecular weight excluding hydrogens is 448 g/mol. The molecule has 1 amide bonds. The van der Waals surface area contributed by atoms with Gasteiger partial charge in [0.1, 0.15) is 11.4 Å². The molecule has 2 fully saturated rings. The molecule has 4 aromatic rings. The van der Waals surface area contributed by atoms with Crippen molar-refractivity contribution in [2.45, 2.75) is 37.5 Å². The van der Waals surface area contributed by atoms with Gasteiger partial charge in [-0.1, -0.05) is 0 Å². The van der Waals surface area contributed by atoms with Crippen LogP contribution < -0.4 is 15.5 Å². The van der Waals surface area contributed by atoms with E-state index >= 15 is 0 Å². The average Bonchev–Trinajstić information content (AvgIpc) is 3.64. The van der Waals surface area contributed by atoms with Crippen LogP contribution in [0, 0.1) is 0 Å². The molecule has 2 aliphatic rings. The minimum atomic E-state index is -0.500. The molecule has 182 valence electrons. The number of ether oxygens (including phenoxy) is 1. The Bertz CT molecular complexity index is 1410. The number of imidazole rings is 1. The lowest BCUT2D eigenvalue weighted by atomic mass is 9.89. The van der Waals surface area contributed by atoms with Gasteiger partial charge in [-0.25, -0.2) is 9.97 Å². The number of rotatable bonds is 6. The Morgan fingerprint density at radius 2 is 2.11 bits per heavy atom. The van der Waals surface area contributed by atoms with Gasteiger partial charge in [-0.2, -0.15) is 9.61 Å². The van der Waals surface area contributed by atoms with E-state index in [1.807, 2.05) is 22.7 Å². The molecule has 1 saturated heterocycles. The van der Waals surface area contributed by atoms with Crippen LogP contribution in [0.1, 0.15) is 29.6 Å². The normalized spacial score (nSPS) is 22.0. The van der Waals surface area contributed by atoms with Gasteiger partial charge in [0, 0.05) is 45.7 Å². The van der Waals surface area contributed by atoms with E-state index in [1.54, 1.807) is 24.9 Å². The third-order valence-corrected chi connectivity index (χ3v) is 7.14. The number of hydrogen-bond acceptors (Lipinski definition) is 8. The summed E-state index contributed by atoms with van der Waals surface area (Å²) < 4.78 is 9.18. The Morgan fingerprint density at radius 1 is 1.23 bits per heavy atom. The molecule has 0 radical (unpaired) electrons. The summed E-state index contributed by atoms with van der Waals surface area (Å²) >= 11 is 0. The van der Waals surface area contributed by atoms with Crippen molar-refractivity contribution in [2.24, 2.45) is 0 Å². The Morgan fingerprint density at radius 3 is 2.83 bits per heavy atom. The molecule has 0 bridgehead atoms. The largest absolute Gasteiger partial charge is 0.391 e. The monoisotopic (exact) mass is 476 g/mol. The molecule has 0 aromatic carbocycles. The Hall–Kier alpha value is -3.70. The molecule has 11 nitrogen and oxygen atoms in total. The lowest BCUT2D eigenvalue weighted by molar-refractivity contribution is 0.0448. The first-order chi connectivity index (χ1) is 17.1. The van der Waals surface area contributed by atoms with Crippen LogP contribution in [-0.4, -0.2) is 80.5 Å². The van der Waals surface area contributed by atoms with Crippen LogP contribution in [0.5, 0.6) is 0 Å². The van der Waals surface area contributed by atoms with Gasteiger partial charge in [0.25, 0.3) is 5.91 Å². The maximum Gasteiger partial charge on any atom is 0.257 e. The van der Waals surface area contributed by atoms with Crippen molar-refractivity contribution in [3.05, 3.63) is 42.4 Å². The Labute approximate surface area is 201 Å². The third kappa shape index (κ3) is 3.58. The van der Waals surface area contributed by atoms with E-state index in [1.165, 1.54) is 6.20 Å². The van der Waals surface area contributed by atoms with Gasteiger partial charge in [-0.3, -0.25) is 9.20 Å². The predicted molar refractivity (Wildman–Crippen MR) is 131 cm³/mol. The molecule has 5 heterocycles. The average molecular weight is 477 g/mol. The maximum absolute atomic E-state index is 13.0. The second-order valence-corrected chi connectivity index (χ2v) is 9.11. The highest BCUT2D eigenvalue weighted by molar-refractivity contribution is 6.00. The van der Waals surface area contributed by atoms with Crippen LogP contribution in [0.25, 0.3) is 22.7 Å². The quantitative estimate of drug-likeness (QED) is 0.383. The maximum atomic E-state index is 13.0. The van der Waals surface area contributed by atoms with E-state index in [0.717, 1.165) is 43.0 Å². The number of pyridine rings is 1. The van der Waals surface area contributed by atoms with Gasteiger partial charge in [0.15, 0.2) is 11.3 Å². The number of aliphatic hydroxyl groups excluding tert-OH is 1. The molecule has 0 spiro atoms. The molecule has 1 unspecified atom stereocenters. The molecule has 1 aliphatic heterocycles. The van der Waals surface area contributed by atoms with Crippen molar-refractivity contribution in [3.63, 3.8) is 0 Å². The van der Waals surface area contributed by atoms with Gasteiger partial charge in [0.2, 0.25) is 0 Å². The SMILES string of the molecule is CNc1cc(-c2ccc(N3CC[C@H](OC)C3)c3nccn23)nc2c(C(=O)NC3CC[C@H]3O)cnn12. The van der Waals surface area contributed by atoms with Gasteiger partial charge in [0.05, 0.1) is 41.5 Å². The van der Waals surface area contributed by atoms with E-state index in [4.69, 9.17) is 9.72 Å². The number of amides is 1. The number of carbonyl (C=O) groups is 1. The van der Waals surface area contributed by atoms with Crippen LogP contribution in [0.15, 0.2) is 36.8 Å². The van der Waals surface area contributed by atoms with Crippen molar-refractivity contribution in [3.8, 4) is 11.4 Å². The van der Waals surface area contributed by atoms with E-state index in [-0.39, 0.29) is 18.1 Å². The number of aliphatic hydroxyl groups is 1. The van der Waals surface area contributed by atoms with Crippen LogP contribution in [-0.2, 0) is 4.74 Å². The fourth-order valence-corrected chi connectivity index (χ4v) is 4.92. The number of hydrogen-bond donors (Lipinski definition) is 3. The standard InChI is InChI=1S/C24H28N8O3/c1-25-21-11-17(28-22-15(12-27-32(21)22)24(34)29-16-3-6-20(16)33)18-4-5-19(23-26-8-10-31(18)23)30-9-7-14(13-30)35-2/h4-5,8,10-12,14,16,20,25,33H,3,6-7,9,13H2,1-2H3,(H,29,34)/t14-,16?,20+/m0/s1. The number of aromatic nitrogens is 5. The molecule has 35 heavy (non-hydrogen) atoms. The molecule has 1 saturated carbocycles. The van der Waals surface area contributed by atoms with E-state index in [9.17, 15) is 9.90 Å². The molecular formula is C24H28N8O3. The smallest absolute Gasteiger partial charge is 0.257 e. The summed E-state index contributed by atoms with van der Waals surface area (Å²) in [5.74, 6) is 0.410. The molecule has 6 rings (SSSR count). The fraction of sp³-hybridized carbons (Fsp3) is 0.417. The number of nitrogens with one attached hydrogen (secondary N) is 2. The third-order valence-electron chi connectivity index (χ3n) is 7.14. The molecule has 1 aliphatic carbocycles. The lowest BCUT2D eigenvalue weighted by Gasteiger charge is -2.32. The number of anilines is 2. The summed E-state index contributed by atoms with van der Waals surface area (Å²) in [6.07, 6.45) is 7.39. The number of methoxy groups -OCH3 is 1. The second kappa shape index (κ2) is 8.51. The highest BCUT2D eigenvalue weighted by Gasteiger charge is 2.31. The summed E-state index contributed by atoms with van der Waals surface area (Å²) in [5.41, 5.74) is 4.24. The van der Waals surface area contributed by atoms with Crippen LogP contribution >= 0.6 is 0 Å². The molecule has 3 atom stereocenters. The second-order valence-electron chi connectivity index (χ2n) is 9.11. The number of fused-ring (bicyclic) bond motifs is 2. The highest BCUT2D eigenvalue weighted by atomic mass is 16.5. The zero-order chi connectivity index (χ0) is 24.1. The zero-order valence-corrected chi connectivity index (χ0v) is 19.7. The summed E-state index contributed by atoms with van der Waals surface area (Å²) in [7, 11) is 3.56. The summed E-state index contributed by atoms with van der Waals surface area (Å²) in [5, 5.41) is 20.3. The zero-order valence-electron chi connectivity index (χ0n) is 19.7. The van der Waals surface area contributed by atoms with Crippen molar-refractivity contribution in [1.29, 1.82) is 0 Å². The van der Waals surface area contributed by atoms with Crippen molar-refractivity contribution < 1.29 is 14.6 Å². The fourth-order valence-electron chi connectivity index (χ4n) is 4.92. The first-order valence-electron chi connectivity index (χ1n) is 11.9. The van der Waals surface area contributed by atoms with Crippen molar-refractivity contribution in [1.82, 2.24) is 29.3 Å². The van der Waals surface area contributed by atoms with Crippen molar-refractivity contribution >= 4 is 28.7 Å². The Kier molecular flexibility index (Phi) is 5.30. The van der Waals surface area contributed by atoms with Gasteiger partial charge in [-0.15, -0.1) is 0 Å². The number of carbonyl (C=O) groups excluding carboxylic acids is 1. The molecule has 4 aromatic heterocycles. The van der Waals surface area contributed by atoms with Gasteiger partial charge in [-0.05, 0) is 31.4 Å². The van der Waals surface area contributed by atoms with Gasteiger partial charge >= 0.3 is 0 Å². The first-order valence-corrected chi connectivity index (χ1v) is 11.9. The topological polar surface area (TPSA) is 121 Å². The molecule has 3 N–H and O–H groups in total. The molecule has 11 heteroatoms. The summed E-state index contributed by atoms with van der Waals surface area (Å²) in [6.45, 7) is 1.74. The highest BCUT2D eigenvalue weighted by Crippen LogP contribution is 2.31. The van der Waals surface area contributed by atoms with Crippen molar-refractivity contribution in [2.75, 3.05) is 37.5 Å². The minimum Gasteiger partial charge on any atom is -0.391 e. The van der Waals surface area contributed by atoms with E-state index < -0.39 is 6.10 Å². The summed E-state index contributed by atoms with van der Waals surface area (Å²) in [4.78, 5) is 24.7. The van der Waals surface area contributed by atoms with E-state index in [0.29, 0.717) is 29.1 Å².